The highest BCUT2D eigenvalue weighted by Crippen LogP contribution is 2.17. The summed E-state index contributed by atoms with van der Waals surface area (Å²) in [7, 11) is 0. The van der Waals surface area contributed by atoms with E-state index in [1.54, 1.807) is 41.5 Å². The van der Waals surface area contributed by atoms with E-state index in [2.05, 4.69) is 15.5 Å². The summed E-state index contributed by atoms with van der Waals surface area (Å²) in [6.07, 6.45) is 0.484. The first-order chi connectivity index (χ1) is 9.89. The molecular formula is C14H23N3O5. The first-order valence-corrected chi connectivity index (χ1v) is 6.87. The Morgan fingerprint density at radius 2 is 1.64 bits per heavy atom. The van der Waals surface area contributed by atoms with Gasteiger partial charge in [0.25, 0.3) is 5.56 Å². The Bertz CT molecular complexity index is 589. The van der Waals surface area contributed by atoms with E-state index < -0.39 is 34.9 Å². The van der Waals surface area contributed by atoms with Crippen LogP contribution in [0, 0.1) is 0 Å². The molecule has 0 spiro atoms. The van der Waals surface area contributed by atoms with Crippen molar-refractivity contribution < 1.29 is 19.1 Å². The number of aromatic nitrogens is 2. The van der Waals surface area contributed by atoms with E-state index >= 15 is 0 Å². The number of carbonyl (C=O) groups excluding carboxylic acids is 2. The van der Waals surface area contributed by atoms with Crippen molar-refractivity contribution in [3.8, 4) is 0 Å². The van der Waals surface area contributed by atoms with Gasteiger partial charge in [0.2, 0.25) is 0 Å². The first kappa shape index (κ1) is 17.8. The quantitative estimate of drug-likeness (QED) is 0.734. The summed E-state index contributed by atoms with van der Waals surface area (Å²) < 4.78 is 10.3. The topological polar surface area (TPSA) is 113 Å². The van der Waals surface area contributed by atoms with Crippen LogP contribution in [0.4, 0.5) is 4.79 Å². The molecular weight excluding hydrogens is 290 g/mol. The maximum absolute atomic E-state index is 12.3. The second-order valence-electron chi connectivity index (χ2n) is 6.81. The summed E-state index contributed by atoms with van der Waals surface area (Å²) in [6, 6.07) is -1.26. The number of carbonyl (C=O) groups is 2. The van der Waals surface area contributed by atoms with E-state index in [9.17, 15) is 14.4 Å². The molecule has 3 N–H and O–H groups in total. The van der Waals surface area contributed by atoms with Gasteiger partial charge in [0.1, 0.15) is 11.2 Å². The fraction of sp³-hybridized carbons (Fsp3) is 0.643. The third-order valence-corrected chi connectivity index (χ3v) is 2.29. The highest BCUT2D eigenvalue weighted by atomic mass is 16.6. The van der Waals surface area contributed by atoms with Gasteiger partial charge in [-0.05, 0) is 41.5 Å². The van der Waals surface area contributed by atoms with E-state index in [1.165, 1.54) is 6.20 Å². The van der Waals surface area contributed by atoms with Gasteiger partial charge in [-0.15, -0.1) is 0 Å². The van der Waals surface area contributed by atoms with Crippen molar-refractivity contribution in [3.63, 3.8) is 0 Å². The van der Waals surface area contributed by atoms with Crippen molar-refractivity contribution in [2.45, 2.75) is 58.8 Å². The largest absolute Gasteiger partial charge is 0.458 e. The van der Waals surface area contributed by atoms with Crippen LogP contribution in [0.1, 0.15) is 53.1 Å². The fourth-order valence-electron chi connectivity index (χ4n) is 1.58. The molecule has 1 aromatic rings. The summed E-state index contributed by atoms with van der Waals surface area (Å²) in [4.78, 5) is 35.8. The predicted octanol–water partition coefficient (Wildman–Crippen LogP) is 1.61. The van der Waals surface area contributed by atoms with Gasteiger partial charge in [0.15, 0.2) is 6.04 Å². The number of ether oxygens (including phenoxy) is 2. The number of rotatable bonds is 3. The molecule has 1 heterocycles. The van der Waals surface area contributed by atoms with Crippen LogP contribution in [-0.2, 0) is 14.3 Å². The lowest BCUT2D eigenvalue weighted by Gasteiger charge is -2.25. The lowest BCUT2D eigenvalue weighted by atomic mass is 10.1. The van der Waals surface area contributed by atoms with Crippen LogP contribution in [0.15, 0.2) is 11.0 Å². The molecule has 1 aromatic heterocycles. The average molecular weight is 313 g/mol. The second-order valence-corrected chi connectivity index (χ2v) is 6.81. The molecule has 1 rings (SSSR count). The summed E-state index contributed by atoms with van der Waals surface area (Å²) >= 11 is 0. The van der Waals surface area contributed by atoms with Gasteiger partial charge in [0, 0.05) is 6.20 Å². The van der Waals surface area contributed by atoms with Crippen LogP contribution in [0.5, 0.6) is 0 Å². The van der Waals surface area contributed by atoms with Gasteiger partial charge in [-0.2, -0.15) is 0 Å². The minimum Gasteiger partial charge on any atom is -0.458 e. The highest BCUT2D eigenvalue weighted by molar-refractivity contribution is 5.83. The summed E-state index contributed by atoms with van der Waals surface area (Å²) in [6.45, 7) is 10.2. The number of H-pyrrole nitrogens is 2. The zero-order valence-electron chi connectivity index (χ0n) is 13.7. The first-order valence-electron chi connectivity index (χ1n) is 6.87. The highest BCUT2D eigenvalue weighted by Gasteiger charge is 2.32. The molecule has 0 fully saturated rings. The van der Waals surface area contributed by atoms with Crippen molar-refractivity contribution in [1.82, 2.24) is 15.5 Å². The fourth-order valence-corrected chi connectivity index (χ4v) is 1.58. The Hall–Kier alpha value is -2.25. The van der Waals surface area contributed by atoms with Gasteiger partial charge in [0.05, 0.1) is 5.56 Å². The molecule has 0 aromatic carbocycles. The normalized spacial score (nSPS) is 13.4. The van der Waals surface area contributed by atoms with Gasteiger partial charge in [-0.25, -0.2) is 9.59 Å². The molecule has 0 aliphatic heterocycles. The van der Waals surface area contributed by atoms with Crippen LogP contribution in [0.25, 0.3) is 0 Å². The summed E-state index contributed by atoms with van der Waals surface area (Å²) in [5.41, 5.74) is -1.96. The monoisotopic (exact) mass is 313 g/mol. The van der Waals surface area contributed by atoms with Crippen LogP contribution in [-0.4, -0.2) is 33.5 Å². The molecule has 0 aliphatic rings. The van der Waals surface area contributed by atoms with Crippen molar-refractivity contribution in [3.05, 3.63) is 22.1 Å². The van der Waals surface area contributed by atoms with Crippen molar-refractivity contribution in [1.29, 1.82) is 0 Å². The standard InChI is InChI=1S/C14H23N3O5/c1-13(2,3)21-11(19)9(8-7-15-17-10(8)18)16-12(20)22-14(4,5)6/h7,9H,1-6H3,(H,16,20)(H2,15,17,18). The predicted molar refractivity (Wildman–Crippen MR) is 79.4 cm³/mol. The third-order valence-electron chi connectivity index (χ3n) is 2.29. The van der Waals surface area contributed by atoms with E-state index in [4.69, 9.17) is 9.47 Å². The molecule has 0 bridgehead atoms. The number of aromatic amines is 2. The van der Waals surface area contributed by atoms with Gasteiger partial charge >= 0.3 is 12.1 Å². The second kappa shape index (κ2) is 6.25. The van der Waals surface area contributed by atoms with Gasteiger partial charge < -0.3 is 19.9 Å². The van der Waals surface area contributed by atoms with E-state index in [-0.39, 0.29) is 5.56 Å². The van der Waals surface area contributed by atoms with E-state index in [1.807, 2.05) is 0 Å². The number of hydrogen-bond acceptors (Lipinski definition) is 5. The zero-order valence-corrected chi connectivity index (χ0v) is 13.7. The number of esters is 1. The number of amides is 1. The zero-order chi connectivity index (χ0) is 17.1. The molecule has 22 heavy (non-hydrogen) atoms. The Balaban J connectivity index is 2.98. The Kier molecular flexibility index (Phi) is 5.05. The summed E-state index contributed by atoms with van der Waals surface area (Å²) in [5, 5.41) is 7.15. The maximum Gasteiger partial charge on any atom is 0.408 e. The third kappa shape index (κ3) is 5.63. The van der Waals surface area contributed by atoms with Gasteiger partial charge in [-0.3, -0.25) is 9.89 Å². The average Bonchev–Trinajstić information content (AvgIpc) is 2.67. The smallest absolute Gasteiger partial charge is 0.408 e. The molecule has 0 saturated heterocycles. The minimum absolute atomic E-state index is 0.0418. The molecule has 1 unspecified atom stereocenters. The molecule has 0 aliphatic carbocycles. The van der Waals surface area contributed by atoms with Crippen molar-refractivity contribution in [2.75, 3.05) is 0 Å². The summed E-state index contributed by atoms with van der Waals surface area (Å²) in [5.74, 6) is -0.747. The maximum atomic E-state index is 12.3. The van der Waals surface area contributed by atoms with Crippen molar-refractivity contribution in [2.24, 2.45) is 0 Å². The molecule has 1 atom stereocenters. The van der Waals surface area contributed by atoms with E-state index in [0.29, 0.717) is 0 Å². The SMILES string of the molecule is CC(C)(C)OC(=O)NC(C(=O)OC(C)(C)C)c1c[nH][nH]c1=O. The number of alkyl carbamates (subject to hydrolysis) is 1. The molecule has 8 heteroatoms. The Morgan fingerprint density at radius 3 is 2.05 bits per heavy atom. The number of hydrogen-bond donors (Lipinski definition) is 3. The number of nitrogens with one attached hydrogen (secondary N) is 3. The lowest BCUT2D eigenvalue weighted by molar-refractivity contribution is -0.157. The molecule has 1 amide bonds. The van der Waals surface area contributed by atoms with Gasteiger partial charge in [-0.1, -0.05) is 0 Å². The molecule has 0 radical (unpaired) electrons. The Labute approximate surface area is 128 Å². The molecule has 124 valence electrons. The minimum atomic E-state index is -1.26. The van der Waals surface area contributed by atoms with E-state index in [0.717, 1.165) is 0 Å². The lowest BCUT2D eigenvalue weighted by Crippen LogP contribution is -2.42. The van der Waals surface area contributed by atoms with Crippen LogP contribution in [0.2, 0.25) is 0 Å². The van der Waals surface area contributed by atoms with Crippen molar-refractivity contribution >= 4 is 12.1 Å². The van der Waals surface area contributed by atoms with Crippen LogP contribution < -0.4 is 10.9 Å². The molecule has 0 saturated carbocycles. The Morgan fingerprint density at radius 1 is 1.09 bits per heavy atom. The van der Waals surface area contributed by atoms with Crippen LogP contribution >= 0.6 is 0 Å². The van der Waals surface area contributed by atoms with Crippen LogP contribution in [0.3, 0.4) is 0 Å². The molecule has 8 nitrogen and oxygen atoms in total.